The van der Waals surface area contributed by atoms with Crippen LogP contribution in [0.5, 0.6) is 11.5 Å². The van der Waals surface area contributed by atoms with E-state index in [1.54, 1.807) is 4.90 Å². The molecule has 3 heterocycles. The maximum Gasteiger partial charge on any atom is 0.328 e. The number of hydrogen-bond acceptors (Lipinski definition) is 5. The molecule has 0 saturated heterocycles. The van der Waals surface area contributed by atoms with E-state index in [0.29, 0.717) is 30.8 Å². The van der Waals surface area contributed by atoms with Gasteiger partial charge in [0.05, 0.1) is 7.11 Å². The second-order valence-corrected chi connectivity index (χ2v) is 9.83. The molecule has 5 bridgehead atoms. The Bertz CT molecular complexity index is 1110. The van der Waals surface area contributed by atoms with Crippen molar-refractivity contribution >= 4 is 17.8 Å². The molecule has 1 aliphatic carbocycles. The zero-order chi connectivity index (χ0) is 24.4. The highest BCUT2D eigenvalue weighted by Gasteiger charge is 2.41. The van der Waals surface area contributed by atoms with E-state index in [2.05, 4.69) is 5.32 Å². The number of ether oxygens (including phenoxy) is 2. The van der Waals surface area contributed by atoms with E-state index >= 15 is 0 Å². The number of nitrogens with zero attached hydrogens (tertiary/aromatic N) is 1. The molecule has 4 aliphatic rings. The topological polar surface area (TPSA) is 84.9 Å². The molecule has 2 aromatic carbocycles. The third-order valence-electron chi connectivity index (χ3n) is 7.57. The molecule has 0 spiro atoms. The zero-order valence-corrected chi connectivity index (χ0v) is 20.1. The van der Waals surface area contributed by atoms with Crippen LogP contribution in [0.25, 0.3) is 0 Å². The molecule has 1 N–H and O–H groups in total. The Morgan fingerprint density at radius 2 is 1.71 bits per heavy atom. The van der Waals surface area contributed by atoms with E-state index in [-0.39, 0.29) is 24.3 Å². The van der Waals surface area contributed by atoms with Crippen molar-refractivity contribution in [1.29, 1.82) is 0 Å². The molecule has 7 nitrogen and oxygen atoms in total. The van der Waals surface area contributed by atoms with Crippen LogP contribution in [0.4, 0.5) is 0 Å². The Kier molecular flexibility index (Phi) is 6.75. The van der Waals surface area contributed by atoms with Crippen LogP contribution >= 0.6 is 0 Å². The number of amides is 2. The van der Waals surface area contributed by atoms with Gasteiger partial charge < -0.3 is 19.7 Å². The summed E-state index contributed by atoms with van der Waals surface area (Å²) >= 11 is 0. The third-order valence-corrected chi connectivity index (χ3v) is 7.57. The number of benzene rings is 2. The van der Waals surface area contributed by atoms with E-state index in [1.807, 2.05) is 42.5 Å². The number of rotatable bonds is 2. The van der Waals surface area contributed by atoms with Gasteiger partial charge in [0.2, 0.25) is 11.8 Å². The van der Waals surface area contributed by atoms with Gasteiger partial charge in [-0.1, -0.05) is 37.5 Å². The fourth-order valence-electron chi connectivity index (χ4n) is 5.59. The number of nitrogens with one attached hydrogen (secondary N) is 1. The highest BCUT2D eigenvalue weighted by Crippen LogP contribution is 2.33. The predicted molar refractivity (Wildman–Crippen MR) is 130 cm³/mol. The van der Waals surface area contributed by atoms with E-state index in [9.17, 15) is 14.4 Å². The first-order valence-corrected chi connectivity index (χ1v) is 12.6. The minimum absolute atomic E-state index is 0.0627. The molecule has 35 heavy (non-hydrogen) atoms. The molecule has 0 unspecified atom stereocenters. The van der Waals surface area contributed by atoms with Gasteiger partial charge in [-0.15, -0.1) is 0 Å². The second kappa shape index (κ2) is 10.1. The molecule has 0 radical (unpaired) electrons. The van der Waals surface area contributed by atoms with E-state index in [1.165, 1.54) is 7.11 Å². The van der Waals surface area contributed by atoms with E-state index in [4.69, 9.17) is 9.47 Å². The number of esters is 1. The van der Waals surface area contributed by atoms with Crippen molar-refractivity contribution in [3.8, 4) is 11.5 Å². The van der Waals surface area contributed by atoms with Gasteiger partial charge in [0.1, 0.15) is 23.6 Å². The molecule has 3 aliphatic heterocycles. The number of methoxy groups -OCH3 is 1. The smallest absolute Gasteiger partial charge is 0.328 e. The molecule has 2 atom stereocenters. The van der Waals surface area contributed by atoms with Crippen LogP contribution in [-0.4, -0.2) is 41.9 Å². The van der Waals surface area contributed by atoms with Gasteiger partial charge in [0.25, 0.3) is 0 Å². The van der Waals surface area contributed by atoms with Crippen molar-refractivity contribution in [2.45, 2.75) is 70.0 Å². The van der Waals surface area contributed by atoms with Crippen molar-refractivity contribution in [2.24, 2.45) is 5.92 Å². The van der Waals surface area contributed by atoms with Crippen LogP contribution in [-0.2, 0) is 38.5 Å². The largest absolute Gasteiger partial charge is 0.467 e. The second-order valence-electron chi connectivity index (χ2n) is 9.83. The summed E-state index contributed by atoms with van der Waals surface area (Å²) in [6.07, 6.45) is 6.25. The quantitative estimate of drug-likeness (QED) is 0.665. The fraction of sp³-hybridized carbons (Fsp3) is 0.464. The molecular weight excluding hydrogens is 444 g/mol. The molecule has 184 valence electrons. The van der Waals surface area contributed by atoms with Crippen molar-refractivity contribution in [2.75, 3.05) is 7.11 Å². The lowest BCUT2D eigenvalue weighted by molar-refractivity contribution is -0.155. The molecule has 1 fully saturated rings. The number of carbonyl (C=O) groups is 3. The first kappa shape index (κ1) is 23.4. The van der Waals surface area contributed by atoms with Gasteiger partial charge in [-0.3, -0.25) is 9.59 Å². The minimum Gasteiger partial charge on any atom is -0.467 e. The number of hydrogen-bond donors (Lipinski definition) is 1. The van der Waals surface area contributed by atoms with Crippen LogP contribution in [0.2, 0.25) is 0 Å². The lowest BCUT2D eigenvalue weighted by Crippen LogP contribution is -2.58. The third kappa shape index (κ3) is 5.04. The first-order valence-electron chi connectivity index (χ1n) is 12.6. The van der Waals surface area contributed by atoms with Gasteiger partial charge in [0.15, 0.2) is 0 Å². The summed E-state index contributed by atoms with van der Waals surface area (Å²) in [5.74, 6) is 0.673. The van der Waals surface area contributed by atoms with Gasteiger partial charge in [-0.25, -0.2) is 4.79 Å². The summed E-state index contributed by atoms with van der Waals surface area (Å²) in [6.45, 7) is 0.267. The molecular formula is C28H32N2O5. The molecule has 7 heteroatoms. The monoisotopic (exact) mass is 476 g/mol. The Hall–Kier alpha value is -3.35. The van der Waals surface area contributed by atoms with Gasteiger partial charge >= 0.3 is 5.97 Å². The summed E-state index contributed by atoms with van der Waals surface area (Å²) in [7, 11) is 1.35. The molecule has 1 saturated carbocycles. The van der Waals surface area contributed by atoms with Crippen LogP contribution in [0, 0.1) is 5.92 Å². The van der Waals surface area contributed by atoms with Crippen molar-refractivity contribution in [3.63, 3.8) is 0 Å². The Balaban J connectivity index is 1.55. The van der Waals surface area contributed by atoms with Crippen molar-refractivity contribution in [1.82, 2.24) is 10.2 Å². The Morgan fingerprint density at radius 1 is 0.971 bits per heavy atom. The zero-order valence-electron chi connectivity index (χ0n) is 20.1. The number of carbonyl (C=O) groups excluding carboxylic acids is 3. The molecule has 2 amide bonds. The molecule has 6 rings (SSSR count). The van der Waals surface area contributed by atoms with Crippen molar-refractivity contribution in [3.05, 3.63) is 59.2 Å². The number of fused-ring (bicyclic) bond motifs is 7. The van der Waals surface area contributed by atoms with Crippen LogP contribution in [0.3, 0.4) is 0 Å². The van der Waals surface area contributed by atoms with Crippen LogP contribution in [0.15, 0.2) is 42.5 Å². The summed E-state index contributed by atoms with van der Waals surface area (Å²) in [5.41, 5.74) is 2.96. The maximum atomic E-state index is 14.0. The van der Waals surface area contributed by atoms with E-state index in [0.717, 1.165) is 48.8 Å². The number of aryl methyl sites for hydroxylation is 1. The maximum absolute atomic E-state index is 14.0. The molecule has 2 aromatic rings. The Labute approximate surface area is 205 Å². The SMILES string of the molecule is COC(=O)[C@@H]1Cc2ccc3cc2CN1C(=O)[C@H](C1CCCCC1)NC(=O)CCc1ccc(cc1)O3. The molecule has 0 aromatic heterocycles. The summed E-state index contributed by atoms with van der Waals surface area (Å²) in [4.78, 5) is 41.4. The van der Waals surface area contributed by atoms with Gasteiger partial charge in [-0.05, 0) is 66.1 Å². The fourth-order valence-corrected chi connectivity index (χ4v) is 5.59. The lowest BCUT2D eigenvalue weighted by Gasteiger charge is -2.40. The van der Waals surface area contributed by atoms with E-state index < -0.39 is 18.1 Å². The van der Waals surface area contributed by atoms with Gasteiger partial charge in [0, 0.05) is 19.4 Å². The first-order chi connectivity index (χ1) is 17.0. The summed E-state index contributed by atoms with van der Waals surface area (Å²) in [6, 6.07) is 12.2. The average molecular weight is 477 g/mol. The van der Waals surface area contributed by atoms with Crippen LogP contribution in [0.1, 0.15) is 55.2 Å². The summed E-state index contributed by atoms with van der Waals surface area (Å²) in [5, 5.41) is 3.07. The lowest BCUT2D eigenvalue weighted by atomic mass is 9.82. The van der Waals surface area contributed by atoms with Crippen LogP contribution < -0.4 is 10.1 Å². The van der Waals surface area contributed by atoms with Gasteiger partial charge in [-0.2, -0.15) is 0 Å². The minimum atomic E-state index is -0.722. The standard InChI is InChI=1S/C28H32N2O5/c1-34-28(33)24-16-20-10-13-23-15-21(20)17-30(24)27(32)26(19-5-3-2-4-6-19)29-25(31)14-9-18-7-11-22(35-23)12-8-18/h7-8,10-13,15,19,24,26H,2-6,9,14,16-17H2,1H3,(H,29,31)/t24-,26-/m0/s1. The predicted octanol–water partition coefficient (Wildman–Crippen LogP) is 3.92. The highest BCUT2D eigenvalue weighted by molar-refractivity contribution is 5.91. The normalized spacial score (nSPS) is 23.1. The summed E-state index contributed by atoms with van der Waals surface area (Å²) < 4.78 is 11.2. The Morgan fingerprint density at radius 3 is 2.46 bits per heavy atom. The van der Waals surface area contributed by atoms with Crippen molar-refractivity contribution < 1.29 is 23.9 Å². The highest BCUT2D eigenvalue weighted by atomic mass is 16.5. The average Bonchev–Trinajstić information content (AvgIpc) is 2.89.